The second-order valence-corrected chi connectivity index (χ2v) is 6.51. The Labute approximate surface area is 157 Å². The smallest absolute Gasteiger partial charge is 0.340 e. The first-order chi connectivity index (χ1) is 12.9. The van der Waals surface area contributed by atoms with Gasteiger partial charge in [0.1, 0.15) is 4.88 Å². The Hall–Kier alpha value is -3.05. The minimum absolute atomic E-state index is 0.0682. The van der Waals surface area contributed by atoms with Crippen molar-refractivity contribution < 1.29 is 18.0 Å². The lowest BCUT2D eigenvalue weighted by Gasteiger charge is -2.08. The number of aromatic nitrogens is 2. The highest BCUT2D eigenvalue weighted by Gasteiger charge is 2.32. The summed E-state index contributed by atoms with van der Waals surface area (Å²) in [4.78, 5) is 17.1. The van der Waals surface area contributed by atoms with Gasteiger partial charge in [-0.1, -0.05) is 35.3 Å². The number of benzene rings is 1. The van der Waals surface area contributed by atoms with Gasteiger partial charge in [-0.2, -0.15) is 13.2 Å². The molecule has 0 saturated carbocycles. The molecule has 0 unspecified atom stereocenters. The molecular weight excluding hydrogens is 375 g/mol. The van der Waals surface area contributed by atoms with Crippen LogP contribution in [0.5, 0.6) is 0 Å². The SMILES string of the molecule is Cc1nc(-n2cccc2)sc1C(=O)NCC#Cc1ccccc1C(F)(F)F. The van der Waals surface area contributed by atoms with Crippen molar-refractivity contribution in [1.29, 1.82) is 0 Å². The fourth-order valence-corrected chi connectivity index (χ4v) is 3.30. The molecule has 3 rings (SSSR count). The van der Waals surface area contributed by atoms with Crippen LogP contribution in [0.25, 0.3) is 5.13 Å². The molecule has 0 aliphatic heterocycles. The molecule has 2 heterocycles. The third kappa shape index (κ3) is 4.38. The van der Waals surface area contributed by atoms with E-state index in [0.29, 0.717) is 15.7 Å². The molecule has 0 radical (unpaired) electrons. The summed E-state index contributed by atoms with van der Waals surface area (Å²) in [7, 11) is 0. The zero-order valence-electron chi connectivity index (χ0n) is 14.2. The van der Waals surface area contributed by atoms with E-state index < -0.39 is 11.7 Å². The maximum Gasteiger partial charge on any atom is 0.417 e. The van der Waals surface area contributed by atoms with Crippen LogP contribution < -0.4 is 5.32 Å². The minimum Gasteiger partial charge on any atom is -0.340 e. The Morgan fingerprint density at radius 3 is 2.63 bits per heavy atom. The molecule has 2 aromatic heterocycles. The van der Waals surface area contributed by atoms with E-state index in [1.807, 2.05) is 24.5 Å². The van der Waals surface area contributed by atoms with Crippen molar-refractivity contribution in [1.82, 2.24) is 14.9 Å². The number of nitrogens with one attached hydrogen (secondary N) is 1. The van der Waals surface area contributed by atoms with E-state index in [2.05, 4.69) is 22.1 Å². The molecule has 0 saturated heterocycles. The maximum absolute atomic E-state index is 12.9. The van der Waals surface area contributed by atoms with Crippen molar-refractivity contribution in [3.8, 4) is 17.0 Å². The molecular formula is C19H14F3N3OS. The highest BCUT2D eigenvalue weighted by atomic mass is 32.1. The molecule has 1 amide bonds. The number of carbonyl (C=O) groups excluding carboxylic acids is 1. The molecule has 138 valence electrons. The van der Waals surface area contributed by atoms with Crippen molar-refractivity contribution in [2.24, 2.45) is 0 Å². The van der Waals surface area contributed by atoms with Gasteiger partial charge in [0.05, 0.1) is 17.8 Å². The lowest BCUT2D eigenvalue weighted by molar-refractivity contribution is -0.137. The van der Waals surface area contributed by atoms with Crippen molar-refractivity contribution in [3.63, 3.8) is 0 Å². The van der Waals surface area contributed by atoms with Crippen LogP contribution in [0.2, 0.25) is 0 Å². The van der Waals surface area contributed by atoms with Crippen molar-refractivity contribution in [3.05, 3.63) is 70.5 Å². The molecule has 0 bridgehead atoms. The van der Waals surface area contributed by atoms with E-state index in [1.54, 1.807) is 11.5 Å². The first-order valence-electron chi connectivity index (χ1n) is 7.90. The molecule has 8 heteroatoms. The summed E-state index contributed by atoms with van der Waals surface area (Å²) in [6.45, 7) is 1.66. The van der Waals surface area contributed by atoms with Crippen LogP contribution in [0.3, 0.4) is 0 Å². The molecule has 1 N–H and O–H groups in total. The van der Waals surface area contributed by atoms with Crippen LogP contribution in [0.4, 0.5) is 13.2 Å². The number of hydrogen-bond acceptors (Lipinski definition) is 3. The van der Waals surface area contributed by atoms with E-state index in [9.17, 15) is 18.0 Å². The number of hydrogen-bond donors (Lipinski definition) is 1. The predicted octanol–water partition coefficient (Wildman–Crippen LogP) is 4.04. The molecule has 0 atom stereocenters. The van der Waals surface area contributed by atoms with Gasteiger partial charge in [0.15, 0.2) is 5.13 Å². The van der Waals surface area contributed by atoms with Crippen LogP contribution >= 0.6 is 11.3 Å². The summed E-state index contributed by atoms with van der Waals surface area (Å²) in [5, 5.41) is 3.25. The van der Waals surface area contributed by atoms with Gasteiger partial charge < -0.3 is 9.88 Å². The largest absolute Gasteiger partial charge is 0.417 e. The molecule has 3 aromatic rings. The average Bonchev–Trinajstić information content (AvgIpc) is 3.27. The van der Waals surface area contributed by atoms with Gasteiger partial charge in [-0.15, -0.1) is 0 Å². The molecule has 0 aliphatic rings. The maximum atomic E-state index is 12.9. The number of aryl methyl sites for hydroxylation is 1. The third-order valence-corrected chi connectivity index (χ3v) is 4.78. The van der Waals surface area contributed by atoms with Crippen LogP contribution in [-0.2, 0) is 6.18 Å². The first-order valence-corrected chi connectivity index (χ1v) is 8.72. The summed E-state index contributed by atoms with van der Waals surface area (Å²) in [6, 6.07) is 8.78. The number of carbonyl (C=O) groups is 1. The number of amides is 1. The summed E-state index contributed by atoms with van der Waals surface area (Å²) in [5.41, 5.74) is -0.335. The van der Waals surface area contributed by atoms with Crippen LogP contribution in [0.1, 0.15) is 26.5 Å². The van der Waals surface area contributed by atoms with Gasteiger partial charge in [-0.05, 0) is 31.2 Å². The number of thiazole rings is 1. The van der Waals surface area contributed by atoms with Crippen molar-refractivity contribution >= 4 is 17.2 Å². The summed E-state index contributed by atoms with van der Waals surface area (Å²) >= 11 is 1.23. The van der Waals surface area contributed by atoms with E-state index in [4.69, 9.17) is 0 Å². The fourth-order valence-electron chi connectivity index (χ4n) is 2.35. The summed E-state index contributed by atoms with van der Waals surface area (Å²) < 4.78 is 40.6. The highest BCUT2D eigenvalue weighted by molar-refractivity contribution is 7.16. The van der Waals surface area contributed by atoms with E-state index in [1.165, 1.54) is 29.5 Å². The molecule has 0 fully saturated rings. The van der Waals surface area contributed by atoms with Gasteiger partial charge in [-0.25, -0.2) is 4.98 Å². The highest BCUT2D eigenvalue weighted by Crippen LogP contribution is 2.31. The first kappa shape index (κ1) is 18.7. The zero-order chi connectivity index (χ0) is 19.4. The Balaban J connectivity index is 1.68. The number of nitrogens with zero attached hydrogens (tertiary/aromatic N) is 2. The van der Waals surface area contributed by atoms with Crippen LogP contribution in [0.15, 0.2) is 48.8 Å². The second kappa shape index (κ2) is 7.68. The Bertz CT molecular complexity index is 1010. The molecule has 1 aromatic carbocycles. The number of halogens is 3. The Morgan fingerprint density at radius 1 is 1.22 bits per heavy atom. The average molecular weight is 389 g/mol. The van der Waals surface area contributed by atoms with Gasteiger partial charge >= 0.3 is 6.18 Å². The van der Waals surface area contributed by atoms with Crippen LogP contribution in [0, 0.1) is 18.8 Å². The zero-order valence-corrected chi connectivity index (χ0v) is 15.0. The fraction of sp³-hybridized carbons (Fsp3) is 0.158. The summed E-state index contributed by atoms with van der Waals surface area (Å²) in [6.07, 6.45) is -0.823. The monoisotopic (exact) mass is 389 g/mol. The Kier molecular flexibility index (Phi) is 5.33. The van der Waals surface area contributed by atoms with Gasteiger partial charge in [0, 0.05) is 18.0 Å². The molecule has 0 aliphatic carbocycles. The predicted molar refractivity (Wildman–Crippen MR) is 96.8 cm³/mol. The van der Waals surface area contributed by atoms with E-state index in [0.717, 1.165) is 6.07 Å². The van der Waals surface area contributed by atoms with E-state index >= 15 is 0 Å². The Morgan fingerprint density at radius 2 is 1.93 bits per heavy atom. The van der Waals surface area contributed by atoms with Crippen molar-refractivity contribution in [2.45, 2.75) is 13.1 Å². The van der Waals surface area contributed by atoms with Crippen LogP contribution in [-0.4, -0.2) is 22.0 Å². The quantitative estimate of drug-likeness (QED) is 0.688. The minimum atomic E-state index is -4.47. The number of alkyl halides is 3. The third-order valence-electron chi connectivity index (χ3n) is 3.61. The molecule has 0 spiro atoms. The standard InChI is InChI=1S/C19H14F3N3OS/c1-13-16(27-18(24-13)25-11-4-5-12-25)17(26)23-10-6-8-14-7-2-3-9-15(14)19(20,21)22/h2-5,7,9,11-12H,10H2,1H3,(H,23,26). The topological polar surface area (TPSA) is 46.9 Å². The van der Waals surface area contributed by atoms with E-state index in [-0.39, 0.29) is 18.0 Å². The lowest BCUT2D eigenvalue weighted by atomic mass is 10.1. The second-order valence-electron chi connectivity index (χ2n) is 5.53. The molecule has 27 heavy (non-hydrogen) atoms. The normalized spacial score (nSPS) is 11.0. The van der Waals surface area contributed by atoms with Gasteiger partial charge in [-0.3, -0.25) is 4.79 Å². The lowest BCUT2D eigenvalue weighted by Crippen LogP contribution is -2.23. The van der Waals surface area contributed by atoms with Gasteiger partial charge in [0.2, 0.25) is 0 Å². The van der Waals surface area contributed by atoms with Gasteiger partial charge in [0.25, 0.3) is 5.91 Å². The number of rotatable bonds is 3. The van der Waals surface area contributed by atoms with Crippen molar-refractivity contribution in [2.75, 3.05) is 6.54 Å². The molecule has 4 nitrogen and oxygen atoms in total. The summed E-state index contributed by atoms with van der Waals surface area (Å²) in [5.74, 6) is 4.67.